The number of pyridine rings is 1. The number of nitrogens with zero attached hydrogens (tertiary/aromatic N) is 4. The molecule has 0 saturated heterocycles. The van der Waals surface area contributed by atoms with E-state index in [4.69, 9.17) is 0 Å². The Kier molecular flexibility index (Phi) is 3.30. The molecule has 0 bridgehead atoms. The van der Waals surface area contributed by atoms with Crippen molar-refractivity contribution in [2.75, 3.05) is 7.05 Å². The lowest BCUT2D eigenvalue weighted by molar-refractivity contribution is 0.0955. The highest BCUT2D eigenvalue weighted by atomic mass is 16.1. The number of hydrogen-bond acceptors (Lipinski definition) is 3. The zero-order valence-corrected chi connectivity index (χ0v) is 13.5. The molecule has 0 fully saturated rings. The van der Waals surface area contributed by atoms with Gasteiger partial charge in [0.05, 0.1) is 11.0 Å². The molecule has 1 N–H and O–H groups in total. The first-order chi connectivity index (χ1) is 11.7. The van der Waals surface area contributed by atoms with Gasteiger partial charge in [-0.05, 0) is 30.7 Å². The average Bonchev–Trinajstić information content (AvgIpc) is 3.16. The Morgan fingerprint density at radius 2 is 1.88 bits per heavy atom. The second kappa shape index (κ2) is 5.49. The monoisotopic (exact) mass is 319 g/mol. The molecule has 0 aliphatic rings. The third kappa shape index (κ3) is 2.15. The van der Waals surface area contributed by atoms with Crippen molar-refractivity contribution in [1.29, 1.82) is 0 Å². The molecule has 1 aromatic carbocycles. The highest BCUT2D eigenvalue weighted by Crippen LogP contribution is 2.23. The minimum Gasteiger partial charge on any atom is -0.354 e. The van der Waals surface area contributed by atoms with Crippen LogP contribution in [0.3, 0.4) is 0 Å². The SMILES string of the molecule is CNC(=O)c1cc2c(ccc3nnc(C)n32)n1Cc1ccccc1. The van der Waals surface area contributed by atoms with Gasteiger partial charge < -0.3 is 9.88 Å². The third-order valence-corrected chi connectivity index (χ3v) is 4.24. The topological polar surface area (TPSA) is 64.2 Å². The number of nitrogens with one attached hydrogen (secondary N) is 1. The van der Waals surface area contributed by atoms with Crippen molar-refractivity contribution in [3.05, 3.63) is 65.6 Å². The average molecular weight is 319 g/mol. The van der Waals surface area contributed by atoms with Crippen molar-refractivity contribution in [1.82, 2.24) is 24.5 Å². The van der Waals surface area contributed by atoms with Crippen molar-refractivity contribution < 1.29 is 4.79 Å². The summed E-state index contributed by atoms with van der Waals surface area (Å²) < 4.78 is 4.01. The molecule has 6 heteroatoms. The summed E-state index contributed by atoms with van der Waals surface area (Å²) in [6, 6.07) is 15.9. The van der Waals surface area contributed by atoms with E-state index in [0.29, 0.717) is 12.2 Å². The van der Waals surface area contributed by atoms with Crippen LogP contribution in [0, 0.1) is 6.92 Å². The van der Waals surface area contributed by atoms with E-state index in [1.54, 1.807) is 7.05 Å². The van der Waals surface area contributed by atoms with Gasteiger partial charge in [0.15, 0.2) is 5.65 Å². The molecule has 1 amide bonds. The third-order valence-electron chi connectivity index (χ3n) is 4.24. The Hall–Kier alpha value is -3.15. The summed E-state index contributed by atoms with van der Waals surface area (Å²) in [6.07, 6.45) is 0. The summed E-state index contributed by atoms with van der Waals surface area (Å²) >= 11 is 0. The molecule has 3 heterocycles. The van der Waals surface area contributed by atoms with Gasteiger partial charge in [0.1, 0.15) is 11.5 Å². The van der Waals surface area contributed by atoms with E-state index in [2.05, 4.69) is 27.6 Å². The van der Waals surface area contributed by atoms with E-state index in [-0.39, 0.29) is 5.91 Å². The lowest BCUT2D eigenvalue weighted by atomic mass is 10.2. The fourth-order valence-electron chi connectivity index (χ4n) is 3.09. The number of amides is 1. The zero-order valence-electron chi connectivity index (χ0n) is 13.5. The number of fused-ring (bicyclic) bond motifs is 3. The summed E-state index contributed by atoms with van der Waals surface area (Å²) in [5.74, 6) is 0.692. The van der Waals surface area contributed by atoms with Crippen LogP contribution in [0.15, 0.2) is 48.5 Å². The van der Waals surface area contributed by atoms with E-state index < -0.39 is 0 Å². The van der Waals surface area contributed by atoms with Gasteiger partial charge in [-0.2, -0.15) is 0 Å². The van der Waals surface area contributed by atoms with Gasteiger partial charge in [-0.1, -0.05) is 30.3 Å². The molecule has 0 unspecified atom stereocenters. The lowest BCUT2D eigenvalue weighted by Crippen LogP contribution is -2.21. The number of hydrogen-bond donors (Lipinski definition) is 1. The molecule has 0 radical (unpaired) electrons. The molecule has 6 nitrogen and oxygen atoms in total. The van der Waals surface area contributed by atoms with E-state index in [9.17, 15) is 4.79 Å². The molecule has 120 valence electrons. The van der Waals surface area contributed by atoms with Crippen LogP contribution in [0.2, 0.25) is 0 Å². The van der Waals surface area contributed by atoms with Crippen LogP contribution in [0.1, 0.15) is 21.9 Å². The molecule has 0 saturated carbocycles. The molecule has 0 atom stereocenters. The predicted octanol–water partition coefficient (Wildman–Crippen LogP) is 2.40. The first-order valence-electron chi connectivity index (χ1n) is 7.79. The van der Waals surface area contributed by atoms with E-state index in [0.717, 1.165) is 28.1 Å². The Labute approximate surface area is 138 Å². The molecule has 0 aliphatic heterocycles. The van der Waals surface area contributed by atoms with Gasteiger partial charge in [-0.15, -0.1) is 10.2 Å². The van der Waals surface area contributed by atoms with Crippen molar-refractivity contribution in [3.63, 3.8) is 0 Å². The number of aryl methyl sites for hydroxylation is 1. The Bertz CT molecular complexity index is 1050. The second-order valence-electron chi connectivity index (χ2n) is 5.73. The molecule has 0 aliphatic carbocycles. The van der Waals surface area contributed by atoms with E-state index in [1.165, 1.54) is 0 Å². The van der Waals surface area contributed by atoms with Gasteiger partial charge in [0.2, 0.25) is 0 Å². The summed E-state index contributed by atoms with van der Waals surface area (Å²) in [5.41, 5.74) is 4.45. The molecule has 24 heavy (non-hydrogen) atoms. The van der Waals surface area contributed by atoms with Crippen LogP contribution >= 0.6 is 0 Å². The van der Waals surface area contributed by atoms with E-state index in [1.807, 2.05) is 52.3 Å². The largest absolute Gasteiger partial charge is 0.354 e. The molecule has 4 aromatic rings. The Morgan fingerprint density at radius 3 is 2.62 bits per heavy atom. The molecule has 3 aromatic heterocycles. The van der Waals surface area contributed by atoms with Crippen LogP contribution < -0.4 is 5.32 Å². The van der Waals surface area contributed by atoms with Crippen molar-refractivity contribution in [3.8, 4) is 0 Å². The number of aromatic nitrogens is 4. The number of benzene rings is 1. The lowest BCUT2D eigenvalue weighted by Gasteiger charge is -2.10. The fourth-order valence-corrected chi connectivity index (χ4v) is 3.09. The van der Waals surface area contributed by atoms with E-state index >= 15 is 0 Å². The van der Waals surface area contributed by atoms with Gasteiger partial charge in [-0.25, -0.2) is 0 Å². The summed E-state index contributed by atoms with van der Waals surface area (Å²) in [7, 11) is 1.65. The highest BCUT2D eigenvalue weighted by molar-refractivity contribution is 5.98. The standard InChI is InChI=1S/C18H17N5O/c1-12-20-21-17-9-8-14-15(23(12)17)10-16(18(24)19-2)22(14)11-13-6-4-3-5-7-13/h3-10H,11H2,1-2H3,(H,19,24). The first kappa shape index (κ1) is 14.4. The van der Waals surface area contributed by atoms with Crippen LogP contribution in [-0.2, 0) is 6.54 Å². The number of carbonyl (C=O) groups is 1. The Morgan fingerprint density at radius 1 is 1.08 bits per heavy atom. The maximum atomic E-state index is 12.4. The fraction of sp³-hybridized carbons (Fsp3) is 0.167. The molecule has 0 spiro atoms. The van der Waals surface area contributed by atoms with Crippen molar-refractivity contribution in [2.24, 2.45) is 0 Å². The van der Waals surface area contributed by atoms with Gasteiger partial charge in [0.25, 0.3) is 5.91 Å². The van der Waals surface area contributed by atoms with Crippen molar-refractivity contribution in [2.45, 2.75) is 13.5 Å². The maximum absolute atomic E-state index is 12.4. The normalized spacial score (nSPS) is 11.2. The molecule has 4 rings (SSSR count). The smallest absolute Gasteiger partial charge is 0.267 e. The summed E-state index contributed by atoms with van der Waals surface area (Å²) in [4.78, 5) is 12.4. The van der Waals surface area contributed by atoms with Gasteiger partial charge in [0, 0.05) is 13.6 Å². The number of carbonyl (C=O) groups excluding carboxylic acids is 1. The maximum Gasteiger partial charge on any atom is 0.267 e. The van der Waals surface area contributed by atoms with Crippen LogP contribution in [0.25, 0.3) is 16.7 Å². The number of rotatable bonds is 3. The first-order valence-corrected chi connectivity index (χ1v) is 7.79. The minimum atomic E-state index is -0.110. The Balaban J connectivity index is 2.00. The molecular weight excluding hydrogens is 302 g/mol. The van der Waals surface area contributed by atoms with Gasteiger partial charge >= 0.3 is 0 Å². The molecular formula is C18H17N5O. The quantitative estimate of drug-likeness (QED) is 0.630. The van der Waals surface area contributed by atoms with Crippen LogP contribution in [-0.4, -0.2) is 32.1 Å². The minimum absolute atomic E-state index is 0.110. The second-order valence-corrected chi connectivity index (χ2v) is 5.73. The summed E-state index contributed by atoms with van der Waals surface area (Å²) in [5, 5.41) is 11.0. The summed E-state index contributed by atoms with van der Waals surface area (Å²) in [6.45, 7) is 2.54. The highest BCUT2D eigenvalue weighted by Gasteiger charge is 2.18. The predicted molar refractivity (Wildman–Crippen MR) is 92.2 cm³/mol. The van der Waals surface area contributed by atoms with Crippen LogP contribution in [0.5, 0.6) is 0 Å². The zero-order chi connectivity index (χ0) is 16.7. The van der Waals surface area contributed by atoms with Gasteiger partial charge in [-0.3, -0.25) is 9.20 Å². The van der Waals surface area contributed by atoms with Crippen LogP contribution in [0.4, 0.5) is 0 Å². The van der Waals surface area contributed by atoms with Crippen molar-refractivity contribution >= 4 is 22.6 Å².